The Morgan fingerprint density at radius 2 is 1.93 bits per heavy atom. The monoisotopic (exact) mass is 200 g/mol. The molecule has 2 N–H and O–H groups in total. The van der Waals surface area contributed by atoms with Crippen LogP contribution in [0, 0.1) is 5.92 Å². The Bertz CT molecular complexity index is 177. The van der Waals surface area contributed by atoms with E-state index in [2.05, 4.69) is 10.6 Å². The second-order valence-corrected chi connectivity index (χ2v) is 3.75. The predicted molar refractivity (Wildman–Crippen MR) is 54.8 cm³/mol. The summed E-state index contributed by atoms with van der Waals surface area (Å²) in [5, 5.41) is 5.66. The number of hydrogen-bond acceptors (Lipinski definition) is 3. The standard InChI is InChI=1S/C10H20N2O2/c1-11-7-14-9-5-3-8(4-6-9)10(13)12-2/h8-9,11H,3-7H2,1-2H3,(H,12,13). The molecule has 0 heterocycles. The Morgan fingerprint density at radius 1 is 1.29 bits per heavy atom. The summed E-state index contributed by atoms with van der Waals surface area (Å²) >= 11 is 0. The average molecular weight is 200 g/mol. The Kier molecular flexibility index (Phi) is 4.90. The number of amides is 1. The SMILES string of the molecule is CNCOC1CCC(C(=O)NC)CC1. The van der Waals surface area contributed by atoms with E-state index in [4.69, 9.17) is 4.74 Å². The summed E-state index contributed by atoms with van der Waals surface area (Å²) in [6.07, 6.45) is 4.24. The van der Waals surface area contributed by atoms with Crippen LogP contribution in [0.4, 0.5) is 0 Å². The van der Waals surface area contributed by atoms with Gasteiger partial charge in [0, 0.05) is 13.0 Å². The van der Waals surface area contributed by atoms with Crippen molar-refractivity contribution in [2.24, 2.45) is 5.92 Å². The average Bonchev–Trinajstić information content (AvgIpc) is 2.26. The van der Waals surface area contributed by atoms with Crippen molar-refractivity contribution in [3.05, 3.63) is 0 Å². The maximum Gasteiger partial charge on any atom is 0.222 e. The molecule has 14 heavy (non-hydrogen) atoms. The second kappa shape index (κ2) is 5.98. The van der Waals surface area contributed by atoms with Gasteiger partial charge in [-0.3, -0.25) is 10.1 Å². The molecule has 0 aromatic carbocycles. The Hall–Kier alpha value is -0.610. The molecular formula is C10H20N2O2. The molecule has 1 amide bonds. The van der Waals surface area contributed by atoms with Crippen molar-refractivity contribution in [3.63, 3.8) is 0 Å². The molecular weight excluding hydrogens is 180 g/mol. The molecule has 1 aliphatic carbocycles. The van der Waals surface area contributed by atoms with Crippen molar-refractivity contribution in [3.8, 4) is 0 Å². The van der Waals surface area contributed by atoms with Gasteiger partial charge in [-0.1, -0.05) is 0 Å². The molecule has 1 aliphatic rings. The number of hydrogen-bond donors (Lipinski definition) is 2. The summed E-state index contributed by atoms with van der Waals surface area (Å²) < 4.78 is 5.55. The molecule has 0 radical (unpaired) electrons. The van der Waals surface area contributed by atoms with Crippen molar-refractivity contribution in [2.45, 2.75) is 31.8 Å². The lowest BCUT2D eigenvalue weighted by Crippen LogP contribution is -2.33. The van der Waals surface area contributed by atoms with Crippen LogP contribution in [0.15, 0.2) is 0 Å². The molecule has 1 fully saturated rings. The maximum absolute atomic E-state index is 11.3. The zero-order chi connectivity index (χ0) is 10.4. The molecule has 0 aliphatic heterocycles. The molecule has 0 unspecified atom stereocenters. The molecule has 4 nitrogen and oxygen atoms in total. The highest BCUT2D eigenvalue weighted by molar-refractivity contribution is 5.78. The quantitative estimate of drug-likeness (QED) is 0.649. The highest BCUT2D eigenvalue weighted by atomic mass is 16.5. The second-order valence-electron chi connectivity index (χ2n) is 3.75. The lowest BCUT2D eigenvalue weighted by atomic mass is 9.87. The fourth-order valence-electron chi connectivity index (χ4n) is 1.90. The Morgan fingerprint density at radius 3 is 2.43 bits per heavy atom. The topological polar surface area (TPSA) is 50.4 Å². The molecule has 82 valence electrons. The smallest absolute Gasteiger partial charge is 0.222 e. The molecule has 0 atom stereocenters. The van der Waals surface area contributed by atoms with Crippen LogP contribution in [-0.2, 0) is 9.53 Å². The number of rotatable bonds is 4. The molecule has 0 aromatic rings. The molecule has 4 heteroatoms. The molecule has 1 saturated carbocycles. The minimum atomic E-state index is 0.178. The van der Waals surface area contributed by atoms with E-state index in [1.807, 2.05) is 7.05 Å². The van der Waals surface area contributed by atoms with Crippen molar-refractivity contribution in [1.29, 1.82) is 0 Å². The summed E-state index contributed by atoms with van der Waals surface area (Å²) in [5.41, 5.74) is 0. The first-order valence-electron chi connectivity index (χ1n) is 5.25. The van der Waals surface area contributed by atoms with Crippen molar-refractivity contribution >= 4 is 5.91 Å². The van der Waals surface area contributed by atoms with Crippen LogP contribution in [0.25, 0.3) is 0 Å². The minimum Gasteiger partial charge on any atom is -0.363 e. The summed E-state index contributed by atoms with van der Waals surface area (Å²) in [7, 11) is 3.57. The van der Waals surface area contributed by atoms with E-state index in [-0.39, 0.29) is 11.8 Å². The van der Waals surface area contributed by atoms with E-state index in [0.717, 1.165) is 25.7 Å². The molecule has 1 rings (SSSR count). The number of ether oxygens (including phenoxy) is 1. The molecule has 0 spiro atoms. The summed E-state index contributed by atoms with van der Waals surface area (Å²) in [4.78, 5) is 11.3. The summed E-state index contributed by atoms with van der Waals surface area (Å²) in [6, 6.07) is 0. The Labute approximate surface area is 85.4 Å². The van der Waals surface area contributed by atoms with Gasteiger partial charge < -0.3 is 10.1 Å². The van der Waals surface area contributed by atoms with Gasteiger partial charge in [0.25, 0.3) is 0 Å². The molecule has 0 bridgehead atoms. The molecule has 0 saturated heterocycles. The zero-order valence-electron chi connectivity index (χ0n) is 9.01. The largest absolute Gasteiger partial charge is 0.363 e. The predicted octanol–water partition coefficient (Wildman–Crippen LogP) is 0.485. The van der Waals surface area contributed by atoms with Gasteiger partial charge in [0.1, 0.15) is 0 Å². The van der Waals surface area contributed by atoms with Gasteiger partial charge in [0.15, 0.2) is 0 Å². The third-order valence-electron chi connectivity index (χ3n) is 2.75. The summed E-state index contributed by atoms with van der Waals surface area (Å²) in [5.74, 6) is 0.381. The van der Waals surface area contributed by atoms with E-state index in [1.54, 1.807) is 7.05 Å². The zero-order valence-corrected chi connectivity index (χ0v) is 9.01. The van der Waals surface area contributed by atoms with E-state index in [9.17, 15) is 4.79 Å². The van der Waals surface area contributed by atoms with Gasteiger partial charge in [0.05, 0.1) is 12.8 Å². The highest BCUT2D eigenvalue weighted by Crippen LogP contribution is 2.25. The van der Waals surface area contributed by atoms with Crippen LogP contribution in [0.1, 0.15) is 25.7 Å². The van der Waals surface area contributed by atoms with E-state index in [1.165, 1.54) is 0 Å². The third kappa shape index (κ3) is 3.27. The van der Waals surface area contributed by atoms with Crippen molar-refractivity contribution < 1.29 is 9.53 Å². The van der Waals surface area contributed by atoms with Gasteiger partial charge in [-0.05, 0) is 32.7 Å². The van der Waals surface area contributed by atoms with Crippen LogP contribution in [0.2, 0.25) is 0 Å². The van der Waals surface area contributed by atoms with E-state index in [0.29, 0.717) is 12.8 Å². The fourth-order valence-corrected chi connectivity index (χ4v) is 1.90. The first-order valence-corrected chi connectivity index (χ1v) is 5.25. The number of carbonyl (C=O) groups is 1. The van der Waals surface area contributed by atoms with Crippen LogP contribution >= 0.6 is 0 Å². The van der Waals surface area contributed by atoms with Crippen LogP contribution in [-0.4, -0.2) is 32.8 Å². The minimum absolute atomic E-state index is 0.178. The lowest BCUT2D eigenvalue weighted by Gasteiger charge is -2.27. The number of carbonyl (C=O) groups excluding carboxylic acids is 1. The molecule has 0 aromatic heterocycles. The highest BCUT2D eigenvalue weighted by Gasteiger charge is 2.25. The third-order valence-corrected chi connectivity index (χ3v) is 2.75. The number of nitrogens with one attached hydrogen (secondary N) is 2. The van der Waals surface area contributed by atoms with E-state index >= 15 is 0 Å². The van der Waals surface area contributed by atoms with Crippen LogP contribution in [0.3, 0.4) is 0 Å². The summed E-state index contributed by atoms with van der Waals surface area (Å²) in [6.45, 7) is 0.606. The van der Waals surface area contributed by atoms with Crippen LogP contribution < -0.4 is 10.6 Å². The van der Waals surface area contributed by atoms with Gasteiger partial charge in [0.2, 0.25) is 5.91 Å². The van der Waals surface area contributed by atoms with Crippen LogP contribution in [0.5, 0.6) is 0 Å². The van der Waals surface area contributed by atoms with E-state index < -0.39 is 0 Å². The first kappa shape index (κ1) is 11.5. The van der Waals surface area contributed by atoms with Gasteiger partial charge >= 0.3 is 0 Å². The van der Waals surface area contributed by atoms with Gasteiger partial charge in [-0.15, -0.1) is 0 Å². The first-order chi connectivity index (χ1) is 6.77. The maximum atomic E-state index is 11.3. The Balaban J connectivity index is 2.20. The normalized spacial score (nSPS) is 27.3. The lowest BCUT2D eigenvalue weighted by molar-refractivity contribution is -0.126. The van der Waals surface area contributed by atoms with Crippen molar-refractivity contribution in [2.75, 3.05) is 20.8 Å². The van der Waals surface area contributed by atoms with Gasteiger partial charge in [-0.25, -0.2) is 0 Å². The van der Waals surface area contributed by atoms with Gasteiger partial charge in [-0.2, -0.15) is 0 Å². The fraction of sp³-hybridized carbons (Fsp3) is 0.900. The van der Waals surface area contributed by atoms with Crippen molar-refractivity contribution in [1.82, 2.24) is 10.6 Å².